The number of anilines is 1. The monoisotopic (exact) mass is 609 g/mol. The molecule has 232 valence electrons. The highest BCUT2D eigenvalue weighted by Crippen LogP contribution is 2.27. The van der Waals surface area contributed by atoms with Crippen molar-refractivity contribution in [1.29, 1.82) is 0 Å². The van der Waals surface area contributed by atoms with Gasteiger partial charge in [0.1, 0.15) is 24.1 Å². The number of nitrogens with one attached hydrogen (secondary N) is 1. The third kappa shape index (κ3) is 8.73. The van der Waals surface area contributed by atoms with Gasteiger partial charge in [0.2, 0.25) is 11.8 Å². The van der Waals surface area contributed by atoms with Crippen LogP contribution in [0.2, 0.25) is 0 Å². The van der Waals surface area contributed by atoms with Crippen LogP contribution in [0.5, 0.6) is 11.5 Å². The number of rotatable bonds is 15. The van der Waals surface area contributed by atoms with Gasteiger partial charge >= 0.3 is 0 Å². The summed E-state index contributed by atoms with van der Waals surface area (Å²) in [5.74, 6) is 0.358. The van der Waals surface area contributed by atoms with Gasteiger partial charge in [-0.05, 0) is 87.7 Å². The number of benzene rings is 3. The van der Waals surface area contributed by atoms with Gasteiger partial charge in [-0.25, -0.2) is 8.42 Å². The van der Waals surface area contributed by atoms with Gasteiger partial charge in [0.05, 0.1) is 24.3 Å². The zero-order chi connectivity index (χ0) is 31.6. The van der Waals surface area contributed by atoms with Crippen LogP contribution in [0.4, 0.5) is 5.69 Å². The van der Waals surface area contributed by atoms with E-state index in [-0.39, 0.29) is 23.4 Å². The molecule has 0 aliphatic heterocycles. The van der Waals surface area contributed by atoms with Gasteiger partial charge in [-0.3, -0.25) is 13.9 Å². The Morgan fingerprint density at radius 1 is 0.907 bits per heavy atom. The number of carbonyl (C=O) groups is 2. The predicted molar refractivity (Wildman–Crippen MR) is 169 cm³/mol. The van der Waals surface area contributed by atoms with Crippen LogP contribution in [0, 0.1) is 6.92 Å². The van der Waals surface area contributed by atoms with Gasteiger partial charge in [-0.2, -0.15) is 0 Å². The molecule has 43 heavy (non-hydrogen) atoms. The molecular formula is C33H43N3O6S. The minimum Gasteiger partial charge on any atom is -0.497 e. The van der Waals surface area contributed by atoms with E-state index in [4.69, 9.17) is 9.47 Å². The Bertz CT molecular complexity index is 1460. The fourth-order valence-electron chi connectivity index (χ4n) is 4.57. The van der Waals surface area contributed by atoms with Crippen LogP contribution in [-0.4, -0.2) is 57.5 Å². The molecule has 3 rings (SSSR count). The molecule has 0 aliphatic rings. The highest BCUT2D eigenvalue weighted by molar-refractivity contribution is 7.92. The molecule has 0 aliphatic carbocycles. The second-order valence-corrected chi connectivity index (χ2v) is 12.2. The Morgan fingerprint density at radius 3 is 2.16 bits per heavy atom. The highest BCUT2D eigenvalue weighted by atomic mass is 32.2. The molecule has 0 bridgehead atoms. The van der Waals surface area contributed by atoms with Gasteiger partial charge in [0.15, 0.2) is 0 Å². The molecule has 2 amide bonds. The zero-order valence-electron chi connectivity index (χ0n) is 25.9. The normalized spacial score (nSPS) is 12.6. The van der Waals surface area contributed by atoms with E-state index in [0.717, 1.165) is 21.9 Å². The lowest BCUT2D eigenvalue weighted by Crippen LogP contribution is -2.53. The van der Waals surface area contributed by atoms with Crippen molar-refractivity contribution in [1.82, 2.24) is 10.2 Å². The molecule has 10 heteroatoms. The molecule has 2 atom stereocenters. The van der Waals surface area contributed by atoms with Crippen LogP contribution in [0.1, 0.15) is 51.7 Å². The third-order valence-corrected chi connectivity index (χ3v) is 8.99. The van der Waals surface area contributed by atoms with Crippen LogP contribution in [0.25, 0.3) is 0 Å². The molecule has 0 fully saturated rings. The van der Waals surface area contributed by atoms with Gasteiger partial charge in [-0.15, -0.1) is 0 Å². The van der Waals surface area contributed by atoms with Gasteiger partial charge < -0.3 is 19.7 Å². The van der Waals surface area contributed by atoms with Crippen LogP contribution >= 0.6 is 0 Å². The second-order valence-electron chi connectivity index (χ2n) is 10.4. The summed E-state index contributed by atoms with van der Waals surface area (Å²) in [4.78, 5) is 29.1. The molecular weight excluding hydrogens is 566 g/mol. The lowest BCUT2D eigenvalue weighted by Gasteiger charge is -2.33. The Labute approximate surface area is 255 Å². The van der Waals surface area contributed by atoms with Crippen LogP contribution in [0.15, 0.2) is 77.7 Å². The van der Waals surface area contributed by atoms with E-state index in [9.17, 15) is 18.0 Å². The third-order valence-electron chi connectivity index (χ3n) is 7.20. The van der Waals surface area contributed by atoms with E-state index in [1.165, 1.54) is 17.0 Å². The van der Waals surface area contributed by atoms with Gasteiger partial charge in [0, 0.05) is 12.6 Å². The molecule has 9 nitrogen and oxygen atoms in total. The largest absolute Gasteiger partial charge is 0.497 e. The molecule has 0 saturated heterocycles. The lowest BCUT2D eigenvalue weighted by molar-refractivity contribution is -0.140. The fraction of sp³-hybridized carbons (Fsp3) is 0.394. The fourth-order valence-corrected chi connectivity index (χ4v) is 5.98. The number of ether oxygens (including phenoxy) is 2. The average Bonchev–Trinajstić information content (AvgIpc) is 3.00. The summed E-state index contributed by atoms with van der Waals surface area (Å²) in [6, 6.07) is 19.4. The molecule has 0 saturated carbocycles. The van der Waals surface area contributed by atoms with Crippen molar-refractivity contribution in [2.45, 2.75) is 71.0 Å². The quantitative estimate of drug-likeness (QED) is 0.250. The van der Waals surface area contributed by atoms with Crippen molar-refractivity contribution in [3.8, 4) is 11.5 Å². The first-order chi connectivity index (χ1) is 20.5. The summed E-state index contributed by atoms with van der Waals surface area (Å²) in [7, 11) is -2.62. The standard InChI is InChI=1S/C33H43N3O6S/c1-7-25(5)34-33(38)31(8-2)35(22-26-11-10-12-29(21-26)41-6)32(37)23-36(27-15-13-24(4)14-16-27)43(39,40)30-19-17-28(18-20-30)42-9-3/h10-21,25,31H,7-9,22-23H2,1-6H3,(H,34,38)/t25-,31+/m0/s1. The van der Waals surface area contributed by atoms with E-state index in [0.29, 0.717) is 30.2 Å². The van der Waals surface area contributed by atoms with Gasteiger partial charge in [-0.1, -0.05) is 43.7 Å². The van der Waals surface area contributed by atoms with Crippen molar-refractivity contribution in [2.75, 3.05) is 24.6 Å². The van der Waals surface area contributed by atoms with E-state index in [2.05, 4.69) is 5.32 Å². The number of nitrogens with zero attached hydrogens (tertiary/aromatic N) is 2. The molecule has 3 aromatic rings. The summed E-state index contributed by atoms with van der Waals surface area (Å²) in [6.07, 6.45) is 1.07. The van der Waals surface area contributed by atoms with Gasteiger partial charge in [0.25, 0.3) is 10.0 Å². The molecule has 0 unspecified atom stereocenters. The molecule has 0 aromatic heterocycles. The smallest absolute Gasteiger partial charge is 0.264 e. The Morgan fingerprint density at radius 2 is 1.58 bits per heavy atom. The summed E-state index contributed by atoms with van der Waals surface area (Å²) >= 11 is 0. The Balaban J connectivity index is 2.06. The van der Waals surface area contributed by atoms with E-state index in [1.54, 1.807) is 55.6 Å². The minimum absolute atomic E-state index is 0.0187. The topological polar surface area (TPSA) is 105 Å². The molecule has 1 N–H and O–H groups in total. The Hall–Kier alpha value is -4.05. The van der Waals surface area contributed by atoms with Crippen molar-refractivity contribution in [2.24, 2.45) is 0 Å². The maximum Gasteiger partial charge on any atom is 0.264 e. The van der Waals surface area contributed by atoms with Crippen LogP contribution < -0.4 is 19.1 Å². The zero-order valence-corrected chi connectivity index (χ0v) is 26.7. The van der Waals surface area contributed by atoms with Crippen LogP contribution in [0.3, 0.4) is 0 Å². The summed E-state index contributed by atoms with van der Waals surface area (Å²) < 4.78 is 40.1. The number of aryl methyl sites for hydroxylation is 1. The second kappa shape index (κ2) is 15.4. The number of amides is 2. The van der Waals surface area contributed by atoms with E-state index >= 15 is 0 Å². The van der Waals surface area contributed by atoms with Crippen molar-refractivity contribution < 1.29 is 27.5 Å². The highest BCUT2D eigenvalue weighted by Gasteiger charge is 2.34. The number of carbonyl (C=O) groups excluding carboxylic acids is 2. The SMILES string of the molecule is CCOc1ccc(S(=O)(=O)N(CC(=O)N(Cc2cccc(OC)c2)[C@H](CC)C(=O)N[C@@H](C)CC)c2ccc(C)cc2)cc1. The first-order valence-corrected chi connectivity index (χ1v) is 16.0. The summed E-state index contributed by atoms with van der Waals surface area (Å²) in [6.45, 7) is 9.49. The number of hydrogen-bond acceptors (Lipinski definition) is 6. The number of hydrogen-bond donors (Lipinski definition) is 1. The maximum absolute atomic E-state index is 14.2. The van der Waals surface area contributed by atoms with E-state index < -0.39 is 28.5 Å². The van der Waals surface area contributed by atoms with E-state index in [1.807, 2.05) is 46.8 Å². The number of methoxy groups -OCH3 is 1. The molecule has 0 spiro atoms. The van der Waals surface area contributed by atoms with Crippen molar-refractivity contribution in [3.63, 3.8) is 0 Å². The summed E-state index contributed by atoms with van der Waals surface area (Å²) in [5, 5.41) is 2.99. The average molecular weight is 610 g/mol. The first kappa shape index (κ1) is 33.5. The maximum atomic E-state index is 14.2. The Kier molecular flexibility index (Phi) is 12.0. The molecule has 0 radical (unpaired) electrons. The molecule has 0 heterocycles. The minimum atomic E-state index is -4.18. The van der Waals surface area contributed by atoms with Crippen LogP contribution in [-0.2, 0) is 26.2 Å². The lowest BCUT2D eigenvalue weighted by atomic mass is 10.1. The van der Waals surface area contributed by atoms with Crippen molar-refractivity contribution >= 4 is 27.5 Å². The number of sulfonamides is 1. The van der Waals surface area contributed by atoms with Crippen molar-refractivity contribution in [3.05, 3.63) is 83.9 Å². The predicted octanol–water partition coefficient (Wildman–Crippen LogP) is 5.32. The first-order valence-electron chi connectivity index (χ1n) is 14.6. The molecule has 3 aromatic carbocycles. The summed E-state index contributed by atoms with van der Waals surface area (Å²) in [5.41, 5.74) is 2.03.